The van der Waals surface area contributed by atoms with E-state index in [2.05, 4.69) is 11.1 Å². The van der Waals surface area contributed by atoms with Gasteiger partial charge in [-0.3, -0.25) is 0 Å². The van der Waals surface area contributed by atoms with Gasteiger partial charge in [-0.15, -0.1) is 0 Å². The van der Waals surface area contributed by atoms with E-state index in [1.165, 1.54) is 0 Å². The fraction of sp³-hybridized carbons (Fsp3) is 0.0667. The molecule has 2 aromatic carbocycles. The summed E-state index contributed by atoms with van der Waals surface area (Å²) < 4.78 is 5.07. The van der Waals surface area contributed by atoms with Crippen LogP contribution in [0.15, 0.2) is 53.5 Å². The molecule has 0 atom stereocenters. The molecule has 2 aromatic rings. The average molecular weight is 271 g/mol. The van der Waals surface area contributed by atoms with E-state index < -0.39 is 0 Å². The van der Waals surface area contributed by atoms with Crippen LogP contribution in [0, 0.1) is 11.3 Å². The second kappa shape index (κ2) is 6.03. The molecule has 0 N–H and O–H groups in total. The standard InChI is InChI=1S/C15H11ClN2O/c1-19-12-8-6-11(7-9-12)18-15(10-17)13-4-2-3-5-14(13)16/h2-9H,1H3/b18-15+. The van der Waals surface area contributed by atoms with Gasteiger partial charge in [0.15, 0.2) is 0 Å². The zero-order valence-corrected chi connectivity index (χ0v) is 11.1. The molecule has 2 rings (SSSR count). The zero-order valence-electron chi connectivity index (χ0n) is 10.3. The number of ether oxygens (including phenoxy) is 1. The first-order valence-corrected chi connectivity index (χ1v) is 6.00. The maximum absolute atomic E-state index is 9.20. The first-order valence-electron chi connectivity index (χ1n) is 5.62. The predicted octanol–water partition coefficient (Wildman–Crippen LogP) is 3.99. The van der Waals surface area contributed by atoms with Gasteiger partial charge in [-0.1, -0.05) is 29.8 Å². The van der Waals surface area contributed by atoms with Crippen LogP contribution < -0.4 is 4.74 Å². The van der Waals surface area contributed by atoms with Gasteiger partial charge in [-0.05, 0) is 30.3 Å². The summed E-state index contributed by atoms with van der Waals surface area (Å²) in [5, 5.41) is 9.71. The fourth-order valence-corrected chi connectivity index (χ4v) is 1.81. The van der Waals surface area contributed by atoms with Crippen molar-refractivity contribution in [2.24, 2.45) is 4.99 Å². The highest BCUT2D eigenvalue weighted by molar-refractivity contribution is 6.35. The molecule has 0 amide bonds. The third-order valence-corrected chi connectivity index (χ3v) is 2.88. The van der Waals surface area contributed by atoms with Gasteiger partial charge in [0, 0.05) is 5.56 Å². The smallest absolute Gasteiger partial charge is 0.149 e. The molecule has 0 aromatic heterocycles. The first kappa shape index (κ1) is 13.1. The highest BCUT2D eigenvalue weighted by Crippen LogP contribution is 2.21. The van der Waals surface area contributed by atoms with Crippen molar-refractivity contribution in [2.75, 3.05) is 7.11 Å². The second-order valence-corrected chi connectivity index (χ2v) is 4.16. The normalized spacial score (nSPS) is 10.9. The molecule has 4 heteroatoms. The van der Waals surface area contributed by atoms with E-state index in [0.717, 1.165) is 5.75 Å². The molecule has 0 aliphatic carbocycles. The van der Waals surface area contributed by atoms with Crippen molar-refractivity contribution in [2.45, 2.75) is 0 Å². The Bertz CT molecular complexity index is 642. The first-order chi connectivity index (χ1) is 9.24. The maximum atomic E-state index is 9.20. The number of benzene rings is 2. The van der Waals surface area contributed by atoms with Gasteiger partial charge in [0.2, 0.25) is 0 Å². The van der Waals surface area contributed by atoms with Gasteiger partial charge in [-0.2, -0.15) is 5.26 Å². The SMILES string of the molecule is COc1ccc(/N=C(\C#N)c2ccccc2Cl)cc1. The summed E-state index contributed by atoms with van der Waals surface area (Å²) in [7, 11) is 1.60. The lowest BCUT2D eigenvalue weighted by Crippen LogP contribution is -1.97. The van der Waals surface area contributed by atoms with Gasteiger partial charge >= 0.3 is 0 Å². The van der Waals surface area contributed by atoms with Crippen LogP contribution in [-0.4, -0.2) is 12.8 Å². The number of nitrogens with zero attached hydrogens (tertiary/aromatic N) is 2. The van der Waals surface area contributed by atoms with Crippen LogP contribution in [-0.2, 0) is 0 Å². The minimum atomic E-state index is 0.288. The van der Waals surface area contributed by atoms with Crippen molar-refractivity contribution in [3.05, 3.63) is 59.1 Å². The number of aliphatic imine (C=N–C) groups is 1. The molecular formula is C15H11ClN2O. The predicted molar refractivity (Wildman–Crippen MR) is 76.3 cm³/mol. The minimum absolute atomic E-state index is 0.288. The van der Waals surface area contributed by atoms with E-state index >= 15 is 0 Å². The summed E-state index contributed by atoms with van der Waals surface area (Å²) in [4.78, 5) is 4.30. The molecule has 0 heterocycles. The summed E-state index contributed by atoms with van der Waals surface area (Å²) in [5.41, 5.74) is 1.59. The van der Waals surface area contributed by atoms with Gasteiger partial charge in [0.05, 0.1) is 17.8 Å². The van der Waals surface area contributed by atoms with Crippen molar-refractivity contribution in [1.29, 1.82) is 5.26 Å². The van der Waals surface area contributed by atoms with E-state index in [0.29, 0.717) is 16.3 Å². The molecule has 0 radical (unpaired) electrons. The molecule has 0 aliphatic heterocycles. The Morgan fingerprint density at radius 1 is 1.16 bits per heavy atom. The number of hydrogen-bond donors (Lipinski definition) is 0. The Hall–Kier alpha value is -2.31. The van der Waals surface area contributed by atoms with E-state index in [1.54, 1.807) is 43.5 Å². The quantitative estimate of drug-likeness (QED) is 0.792. The molecule has 0 fully saturated rings. The number of halogens is 1. The van der Waals surface area contributed by atoms with Crippen LogP contribution in [0.1, 0.15) is 5.56 Å². The topological polar surface area (TPSA) is 45.4 Å². The third-order valence-electron chi connectivity index (χ3n) is 2.55. The molecule has 0 saturated heterocycles. The molecule has 0 saturated carbocycles. The summed E-state index contributed by atoms with van der Waals surface area (Å²) in [6.07, 6.45) is 0. The Labute approximate surface area is 116 Å². The average Bonchev–Trinajstić information content (AvgIpc) is 2.46. The monoisotopic (exact) mass is 270 g/mol. The second-order valence-electron chi connectivity index (χ2n) is 3.75. The van der Waals surface area contributed by atoms with Crippen LogP contribution in [0.3, 0.4) is 0 Å². The summed E-state index contributed by atoms with van der Waals surface area (Å²) in [6, 6.07) is 16.4. The summed E-state index contributed by atoms with van der Waals surface area (Å²) >= 11 is 6.06. The largest absolute Gasteiger partial charge is 0.497 e. The Morgan fingerprint density at radius 3 is 2.42 bits per heavy atom. The van der Waals surface area contributed by atoms with Crippen LogP contribution in [0.4, 0.5) is 5.69 Å². The maximum Gasteiger partial charge on any atom is 0.149 e. The molecular weight excluding hydrogens is 260 g/mol. The van der Waals surface area contributed by atoms with E-state index in [1.807, 2.05) is 12.1 Å². The number of methoxy groups -OCH3 is 1. The number of rotatable bonds is 3. The number of hydrogen-bond acceptors (Lipinski definition) is 3. The van der Waals surface area contributed by atoms with Crippen LogP contribution >= 0.6 is 11.6 Å². The lowest BCUT2D eigenvalue weighted by atomic mass is 10.1. The van der Waals surface area contributed by atoms with Crippen LogP contribution in [0.2, 0.25) is 5.02 Å². The molecule has 0 aliphatic rings. The highest BCUT2D eigenvalue weighted by atomic mass is 35.5. The molecule has 0 spiro atoms. The molecule has 94 valence electrons. The van der Waals surface area contributed by atoms with Crippen molar-refractivity contribution < 1.29 is 4.74 Å². The zero-order chi connectivity index (χ0) is 13.7. The molecule has 19 heavy (non-hydrogen) atoms. The van der Waals surface area contributed by atoms with Crippen molar-refractivity contribution in [3.8, 4) is 11.8 Å². The fourth-order valence-electron chi connectivity index (χ4n) is 1.58. The molecule has 0 bridgehead atoms. The van der Waals surface area contributed by atoms with Crippen LogP contribution in [0.5, 0.6) is 5.75 Å². The minimum Gasteiger partial charge on any atom is -0.497 e. The van der Waals surface area contributed by atoms with E-state index in [-0.39, 0.29) is 5.71 Å². The van der Waals surface area contributed by atoms with Gasteiger partial charge < -0.3 is 4.74 Å². The van der Waals surface area contributed by atoms with E-state index in [4.69, 9.17) is 16.3 Å². The van der Waals surface area contributed by atoms with Crippen LogP contribution in [0.25, 0.3) is 0 Å². The van der Waals surface area contributed by atoms with E-state index in [9.17, 15) is 5.26 Å². The molecule has 0 unspecified atom stereocenters. The Kier molecular flexibility index (Phi) is 4.17. The Balaban J connectivity index is 2.39. The lowest BCUT2D eigenvalue weighted by molar-refractivity contribution is 0.415. The van der Waals surface area contributed by atoms with Crippen molar-refractivity contribution >= 4 is 23.0 Å². The number of nitriles is 1. The summed E-state index contributed by atoms with van der Waals surface area (Å²) in [5.74, 6) is 0.746. The highest BCUT2D eigenvalue weighted by Gasteiger charge is 2.07. The van der Waals surface area contributed by atoms with Gasteiger partial charge in [-0.25, -0.2) is 4.99 Å². The van der Waals surface area contributed by atoms with Crippen molar-refractivity contribution in [1.82, 2.24) is 0 Å². The third kappa shape index (κ3) is 3.12. The Morgan fingerprint density at radius 2 is 1.84 bits per heavy atom. The van der Waals surface area contributed by atoms with Gasteiger partial charge in [0.1, 0.15) is 17.5 Å². The van der Waals surface area contributed by atoms with Gasteiger partial charge in [0.25, 0.3) is 0 Å². The van der Waals surface area contributed by atoms with Crippen molar-refractivity contribution in [3.63, 3.8) is 0 Å². The molecule has 3 nitrogen and oxygen atoms in total. The lowest BCUT2D eigenvalue weighted by Gasteiger charge is -2.02. The summed E-state index contributed by atoms with van der Waals surface area (Å²) in [6.45, 7) is 0.